The van der Waals surface area contributed by atoms with Crippen molar-refractivity contribution in [2.75, 3.05) is 13.1 Å². The van der Waals surface area contributed by atoms with Crippen molar-refractivity contribution in [3.05, 3.63) is 78.4 Å². The van der Waals surface area contributed by atoms with Crippen molar-refractivity contribution in [3.63, 3.8) is 0 Å². The third-order valence-corrected chi connectivity index (χ3v) is 4.83. The molecular weight excluding hydrogens is 312 g/mol. The third-order valence-electron chi connectivity index (χ3n) is 4.83. The molecule has 1 aliphatic heterocycles. The fraction of sp³-hybridized carbons (Fsp3) is 0.300. The second-order valence-corrected chi connectivity index (χ2v) is 6.54. The van der Waals surface area contributed by atoms with Crippen molar-refractivity contribution in [1.29, 1.82) is 0 Å². The van der Waals surface area contributed by atoms with Crippen molar-refractivity contribution >= 4 is 5.91 Å². The lowest BCUT2D eigenvalue weighted by molar-refractivity contribution is 0.0662. The van der Waals surface area contributed by atoms with E-state index < -0.39 is 0 Å². The first-order chi connectivity index (χ1) is 12.3. The van der Waals surface area contributed by atoms with Crippen LogP contribution < -0.4 is 0 Å². The van der Waals surface area contributed by atoms with Gasteiger partial charge >= 0.3 is 0 Å². The number of carbonyl (C=O) groups excluding carboxylic acids is 1. The van der Waals surface area contributed by atoms with E-state index in [1.165, 1.54) is 5.56 Å². The van der Waals surface area contributed by atoms with Crippen molar-refractivity contribution in [1.82, 2.24) is 19.2 Å². The van der Waals surface area contributed by atoms with Crippen LogP contribution in [-0.2, 0) is 6.54 Å². The van der Waals surface area contributed by atoms with E-state index in [4.69, 9.17) is 0 Å². The highest BCUT2D eigenvalue weighted by atomic mass is 16.2. The molecule has 0 bridgehead atoms. The molecule has 1 aliphatic rings. The van der Waals surface area contributed by atoms with Gasteiger partial charge in [0.15, 0.2) is 0 Å². The first-order valence-electron chi connectivity index (χ1n) is 8.79. The van der Waals surface area contributed by atoms with Crippen LogP contribution in [0.2, 0.25) is 0 Å². The topological polar surface area (TPSA) is 43.1 Å². The summed E-state index contributed by atoms with van der Waals surface area (Å²) in [7, 11) is 0. The zero-order valence-electron chi connectivity index (χ0n) is 14.2. The molecule has 5 heteroatoms. The minimum absolute atomic E-state index is 0.109. The molecule has 2 aromatic heterocycles. The van der Waals surface area contributed by atoms with Crippen LogP contribution in [0.5, 0.6) is 0 Å². The lowest BCUT2D eigenvalue weighted by atomic mass is 10.1. The Kier molecular flexibility index (Phi) is 4.37. The molecule has 1 aromatic carbocycles. The Bertz CT molecular complexity index is 823. The molecule has 1 fully saturated rings. The third kappa shape index (κ3) is 3.36. The molecular formula is C20H22N4O. The monoisotopic (exact) mass is 334 g/mol. The Labute approximate surface area is 147 Å². The van der Waals surface area contributed by atoms with Gasteiger partial charge in [-0.05, 0) is 36.6 Å². The van der Waals surface area contributed by atoms with Crippen LogP contribution in [-0.4, -0.2) is 38.2 Å². The molecule has 0 aliphatic carbocycles. The summed E-state index contributed by atoms with van der Waals surface area (Å²) in [5, 5.41) is 4.34. The number of rotatable bonds is 4. The minimum Gasteiger partial charge on any atom is -0.339 e. The van der Waals surface area contributed by atoms with Gasteiger partial charge in [0.1, 0.15) is 5.69 Å². The van der Waals surface area contributed by atoms with Crippen molar-refractivity contribution in [2.45, 2.75) is 25.4 Å². The summed E-state index contributed by atoms with van der Waals surface area (Å²) >= 11 is 0. The Morgan fingerprint density at radius 2 is 1.96 bits per heavy atom. The number of nitrogens with zero attached hydrogens (tertiary/aromatic N) is 4. The summed E-state index contributed by atoms with van der Waals surface area (Å²) < 4.78 is 4.01. The van der Waals surface area contributed by atoms with Gasteiger partial charge in [-0.3, -0.25) is 9.48 Å². The molecule has 128 valence electrons. The Hall–Kier alpha value is -2.82. The van der Waals surface area contributed by atoms with Gasteiger partial charge < -0.3 is 9.47 Å². The first-order valence-corrected chi connectivity index (χ1v) is 8.79. The smallest absolute Gasteiger partial charge is 0.270 e. The summed E-state index contributed by atoms with van der Waals surface area (Å²) in [6, 6.07) is 16.3. The summed E-state index contributed by atoms with van der Waals surface area (Å²) in [6.07, 6.45) is 7.84. The van der Waals surface area contributed by atoms with E-state index >= 15 is 0 Å². The van der Waals surface area contributed by atoms with E-state index in [0.717, 1.165) is 31.6 Å². The van der Waals surface area contributed by atoms with E-state index in [-0.39, 0.29) is 11.9 Å². The predicted octanol–water partition coefficient (Wildman–Crippen LogP) is 3.21. The van der Waals surface area contributed by atoms with E-state index in [1.807, 2.05) is 62.9 Å². The SMILES string of the molecule is O=C(c1cccn1Cc1ccccc1)N1CCC[C@@H](n2cccn2)C1. The quantitative estimate of drug-likeness (QED) is 0.735. The molecule has 1 atom stereocenters. The number of benzene rings is 1. The molecule has 0 spiro atoms. The second-order valence-electron chi connectivity index (χ2n) is 6.54. The van der Waals surface area contributed by atoms with E-state index in [2.05, 4.69) is 17.2 Å². The zero-order chi connectivity index (χ0) is 17.1. The molecule has 1 amide bonds. The highest BCUT2D eigenvalue weighted by Gasteiger charge is 2.27. The average Bonchev–Trinajstić information content (AvgIpc) is 3.34. The van der Waals surface area contributed by atoms with Gasteiger partial charge in [0.25, 0.3) is 5.91 Å². The Morgan fingerprint density at radius 3 is 2.76 bits per heavy atom. The fourth-order valence-corrected chi connectivity index (χ4v) is 3.54. The number of hydrogen-bond donors (Lipinski definition) is 0. The molecule has 5 nitrogen and oxygen atoms in total. The van der Waals surface area contributed by atoms with Crippen molar-refractivity contribution in [2.24, 2.45) is 0 Å². The van der Waals surface area contributed by atoms with Gasteiger partial charge in [-0.15, -0.1) is 0 Å². The van der Waals surface area contributed by atoms with Crippen LogP contribution in [0, 0.1) is 0 Å². The summed E-state index contributed by atoms with van der Waals surface area (Å²) in [6.45, 7) is 2.25. The maximum atomic E-state index is 13.1. The fourth-order valence-electron chi connectivity index (χ4n) is 3.54. The molecule has 0 radical (unpaired) electrons. The van der Waals surface area contributed by atoms with Gasteiger partial charge in [0, 0.05) is 38.2 Å². The van der Waals surface area contributed by atoms with Gasteiger partial charge in [-0.2, -0.15) is 5.10 Å². The number of likely N-dealkylation sites (tertiary alicyclic amines) is 1. The summed E-state index contributed by atoms with van der Waals surface area (Å²) in [4.78, 5) is 15.0. The molecule has 0 N–H and O–H groups in total. The lowest BCUT2D eigenvalue weighted by Crippen LogP contribution is -2.41. The van der Waals surface area contributed by atoms with Crippen LogP contribution in [0.4, 0.5) is 0 Å². The summed E-state index contributed by atoms with van der Waals surface area (Å²) in [5.41, 5.74) is 1.95. The van der Waals surface area contributed by atoms with Gasteiger partial charge in [0.05, 0.1) is 6.04 Å². The van der Waals surface area contributed by atoms with Crippen LogP contribution in [0.15, 0.2) is 67.1 Å². The highest BCUT2D eigenvalue weighted by Crippen LogP contribution is 2.22. The molecule has 25 heavy (non-hydrogen) atoms. The predicted molar refractivity (Wildman–Crippen MR) is 96.4 cm³/mol. The van der Waals surface area contributed by atoms with Crippen LogP contribution in [0.25, 0.3) is 0 Å². The van der Waals surface area contributed by atoms with Gasteiger partial charge in [-0.25, -0.2) is 0 Å². The maximum Gasteiger partial charge on any atom is 0.270 e. The van der Waals surface area contributed by atoms with Crippen LogP contribution in [0.3, 0.4) is 0 Å². The van der Waals surface area contributed by atoms with Crippen LogP contribution >= 0.6 is 0 Å². The highest BCUT2D eigenvalue weighted by molar-refractivity contribution is 5.92. The first kappa shape index (κ1) is 15.7. The molecule has 4 rings (SSSR count). The molecule has 1 saturated heterocycles. The Morgan fingerprint density at radius 1 is 1.08 bits per heavy atom. The number of aromatic nitrogens is 3. The maximum absolute atomic E-state index is 13.1. The van der Waals surface area contributed by atoms with E-state index in [9.17, 15) is 4.79 Å². The van der Waals surface area contributed by atoms with E-state index in [0.29, 0.717) is 6.54 Å². The normalized spacial score (nSPS) is 17.6. The Balaban J connectivity index is 1.50. The van der Waals surface area contributed by atoms with Crippen molar-refractivity contribution in [3.8, 4) is 0 Å². The van der Waals surface area contributed by atoms with E-state index in [1.54, 1.807) is 6.20 Å². The second kappa shape index (κ2) is 6.97. The number of carbonyl (C=O) groups is 1. The van der Waals surface area contributed by atoms with Crippen LogP contribution in [0.1, 0.15) is 34.9 Å². The average molecular weight is 334 g/mol. The number of hydrogen-bond acceptors (Lipinski definition) is 2. The molecule has 3 aromatic rings. The number of piperidine rings is 1. The largest absolute Gasteiger partial charge is 0.339 e. The van der Waals surface area contributed by atoms with Crippen molar-refractivity contribution < 1.29 is 4.79 Å². The molecule has 0 unspecified atom stereocenters. The van der Waals surface area contributed by atoms with Gasteiger partial charge in [-0.1, -0.05) is 30.3 Å². The summed E-state index contributed by atoms with van der Waals surface area (Å²) in [5.74, 6) is 0.109. The number of amides is 1. The standard InChI is InChI=1S/C20H22N4O/c25-20(23-13-4-9-18(16-23)24-14-6-11-21-24)19-10-5-12-22(19)15-17-7-2-1-3-8-17/h1-3,5-8,10-12,14,18H,4,9,13,15-16H2/t18-/m1/s1. The lowest BCUT2D eigenvalue weighted by Gasteiger charge is -2.33. The minimum atomic E-state index is 0.109. The molecule has 3 heterocycles. The van der Waals surface area contributed by atoms with Gasteiger partial charge in [0.2, 0.25) is 0 Å². The zero-order valence-corrected chi connectivity index (χ0v) is 14.2. The molecule has 0 saturated carbocycles.